The molecule has 8 heteroatoms. The Kier molecular flexibility index (Phi) is 6.24. The van der Waals surface area contributed by atoms with Gasteiger partial charge in [0, 0.05) is 25.7 Å². The number of hydrogen-bond donors (Lipinski definition) is 2. The van der Waals surface area contributed by atoms with Crippen LogP contribution in [0.5, 0.6) is 0 Å². The minimum absolute atomic E-state index is 0.0105. The van der Waals surface area contributed by atoms with Crippen LogP contribution in [-0.2, 0) is 21.4 Å². The van der Waals surface area contributed by atoms with Crippen molar-refractivity contribution in [3.63, 3.8) is 0 Å². The summed E-state index contributed by atoms with van der Waals surface area (Å²) in [6.07, 6.45) is 0. The number of halogens is 1. The first-order valence-electron chi connectivity index (χ1n) is 7.56. The standard InChI is InChI=1S/C17H19FN2O4S/c1-13(22)19-15-7-8-17(16(18)11-15)25(23,24)20(9-10-21)12-14-5-3-2-4-6-14/h2-8,11,21H,9-10,12H2,1H3,(H,19,22). The smallest absolute Gasteiger partial charge is 0.246 e. The van der Waals surface area contributed by atoms with E-state index in [4.69, 9.17) is 0 Å². The molecule has 0 saturated carbocycles. The highest BCUT2D eigenvalue weighted by atomic mass is 32.2. The lowest BCUT2D eigenvalue weighted by Gasteiger charge is -2.22. The molecule has 0 bridgehead atoms. The molecule has 0 spiro atoms. The van der Waals surface area contributed by atoms with E-state index in [0.29, 0.717) is 0 Å². The molecule has 1 amide bonds. The summed E-state index contributed by atoms with van der Waals surface area (Å²) < 4.78 is 40.9. The third kappa shape index (κ3) is 4.85. The van der Waals surface area contributed by atoms with Crippen molar-refractivity contribution in [2.75, 3.05) is 18.5 Å². The van der Waals surface area contributed by atoms with Gasteiger partial charge in [-0.2, -0.15) is 4.31 Å². The molecule has 0 saturated heterocycles. The number of nitrogens with zero attached hydrogens (tertiary/aromatic N) is 1. The van der Waals surface area contributed by atoms with Crippen molar-refractivity contribution in [1.29, 1.82) is 0 Å². The van der Waals surface area contributed by atoms with Gasteiger partial charge in [0.05, 0.1) is 6.61 Å². The fraction of sp³-hybridized carbons (Fsp3) is 0.235. The maximum atomic E-state index is 14.3. The minimum Gasteiger partial charge on any atom is -0.395 e. The number of nitrogens with one attached hydrogen (secondary N) is 1. The number of amides is 1. The fourth-order valence-corrected chi connectivity index (χ4v) is 3.78. The van der Waals surface area contributed by atoms with Gasteiger partial charge in [0.15, 0.2) is 0 Å². The summed E-state index contributed by atoms with van der Waals surface area (Å²) in [5.74, 6) is -1.36. The van der Waals surface area contributed by atoms with Gasteiger partial charge >= 0.3 is 0 Å². The lowest BCUT2D eigenvalue weighted by atomic mass is 10.2. The van der Waals surface area contributed by atoms with E-state index in [2.05, 4.69) is 5.32 Å². The van der Waals surface area contributed by atoms with E-state index in [1.165, 1.54) is 13.0 Å². The van der Waals surface area contributed by atoms with Crippen molar-refractivity contribution in [2.24, 2.45) is 0 Å². The van der Waals surface area contributed by atoms with Gasteiger partial charge in [-0.1, -0.05) is 30.3 Å². The van der Waals surface area contributed by atoms with Gasteiger partial charge in [-0.15, -0.1) is 0 Å². The van der Waals surface area contributed by atoms with Gasteiger partial charge in [0.25, 0.3) is 0 Å². The van der Waals surface area contributed by atoms with Gasteiger partial charge in [-0.3, -0.25) is 4.79 Å². The summed E-state index contributed by atoms with van der Waals surface area (Å²) in [6.45, 7) is 0.726. The van der Waals surface area contributed by atoms with Crippen LogP contribution in [0.2, 0.25) is 0 Å². The molecule has 2 aromatic carbocycles. The third-order valence-corrected chi connectivity index (χ3v) is 5.30. The Hall–Kier alpha value is -2.29. The largest absolute Gasteiger partial charge is 0.395 e. The lowest BCUT2D eigenvalue weighted by Crippen LogP contribution is -2.33. The molecule has 0 atom stereocenters. The molecule has 2 rings (SSSR count). The zero-order valence-corrected chi connectivity index (χ0v) is 14.5. The van der Waals surface area contributed by atoms with Crippen molar-refractivity contribution in [3.8, 4) is 0 Å². The summed E-state index contributed by atoms with van der Waals surface area (Å²) in [6, 6.07) is 12.2. The number of rotatable bonds is 7. The maximum Gasteiger partial charge on any atom is 0.246 e. The van der Waals surface area contributed by atoms with Crippen molar-refractivity contribution >= 4 is 21.6 Å². The zero-order chi connectivity index (χ0) is 18.4. The zero-order valence-electron chi connectivity index (χ0n) is 13.6. The number of carbonyl (C=O) groups is 1. The van der Waals surface area contributed by atoms with Crippen LogP contribution in [0.4, 0.5) is 10.1 Å². The monoisotopic (exact) mass is 366 g/mol. The van der Waals surface area contributed by atoms with Gasteiger partial charge in [-0.25, -0.2) is 12.8 Å². The predicted molar refractivity (Wildman–Crippen MR) is 91.8 cm³/mol. The first-order valence-corrected chi connectivity index (χ1v) is 9.00. The molecule has 0 fully saturated rings. The van der Waals surface area contributed by atoms with Crippen molar-refractivity contribution in [1.82, 2.24) is 4.31 Å². The Labute approximate surface area is 146 Å². The summed E-state index contributed by atoms with van der Waals surface area (Å²) in [5, 5.41) is 11.6. The van der Waals surface area contributed by atoms with E-state index in [-0.39, 0.29) is 24.7 Å². The number of aliphatic hydroxyl groups excluding tert-OH is 1. The van der Waals surface area contributed by atoms with Crippen LogP contribution in [0.15, 0.2) is 53.4 Å². The van der Waals surface area contributed by atoms with E-state index in [1.54, 1.807) is 30.3 Å². The third-order valence-electron chi connectivity index (χ3n) is 3.42. The van der Waals surface area contributed by atoms with Crippen LogP contribution >= 0.6 is 0 Å². The summed E-state index contributed by atoms with van der Waals surface area (Å²) in [5.41, 5.74) is 0.885. The van der Waals surface area contributed by atoms with E-state index >= 15 is 0 Å². The maximum absolute atomic E-state index is 14.3. The number of anilines is 1. The Morgan fingerprint density at radius 2 is 1.88 bits per heavy atom. The van der Waals surface area contributed by atoms with E-state index in [9.17, 15) is 22.7 Å². The highest BCUT2D eigenvalue weighted by molar-refractivity contribution is 7.89. The normalized spacial score (nSPS) is 11.5. The Morgan fingerprint density at radius 3 is 2.44 bits per heavy atom. The summed E-state index contributed by atoms with van der Waals surface area (Å²) >= 11 is 0. The second-order valence-corrected chi connectivity index (χ2v) is 7.28. The first-order chi connectivity index (χ1) is 11.8. The van der Waals surface area contributed by atoms with Crippen LogP contribution in [0, 0.1) is 5.82 Å². The van der Waals surface area contributed by atoms with Crippen LogP contribution in [0.1, 0.15) is 12.5 Å². The second kappa shape index (κ2) is 8.19. The molecule has 2 N–H and O–H groups in total. The Balaban J connectivity index is 2.34. The molecule has 0 aliphatic heterocycles. The van der Waals surface area contributed by atoms with Crippen molar-refractivity contribution in [2.45, 2.75) is 18.4 Å². The van der Waals surface area contributed by atoms with Crippen LogP contribution < -0.4 is 5.32 Å². The molecular weight excluding hydrogens is 347 g/mol. The van der Waals surface area contributed by atoms with Gasteiger partial charge in [0.2, 0.25) is 15.9 Å². The molecule has 134 valence electrons. The SMILES string of the molecule is CC(=O)Nc1ccc(S(=O)(=O)N(CCO)Cc2ccccc2)c(F)c1. The average molecular weight is 366 g/mol. The average Bonchev–Trinajstić information content (AvgIpc) is 2.54. The number of aliphatic hydroxyl groups is 1. The molecule has 0 heterocycles. The predicted octanol–water partition coefficient (Wildman–Crippen LogP) is 1.97. The Bertz CT molecular complexity index is 841. The van der Waals surface area contributed by atoms with Crippen LogP contribution in [0.25, 0.3) is 0 Å². The van der Waals surface area contributed by atoms with Crippen LogP contribution in [-0.4, -0.2) is 36.9 Å². The highest BCUT2D eigenvalue weighted by Gasteiger charge is 2.27. The molecule has 25 heavy (non-hydrogen) atoms. The number of carbonyl (C=O) groups excluding carboxylic acids is 1. The topological polar surface area (TPSA) is 86.7 Å². The first kappa shape index (κ1) is 19.0. The molecule has 0 aliphatic rings. The van der Waals surface area contributed by atoms with Crippen LogP contribution in [0.3, 0.4) is 0 Å². The van der Waals surface area contributed by atoms with Gasteiger partial charge < -0.3 is 10.4 Å². The van der Waals surface area contributed by atoms with E-state index in [0.717, 1.165) is 22.0 Å². The molecule has 2 aromatic rings. The quantitative estimate of drug-likeness (QED) is 0.784. The summed E-state index contributed by atoms with van der Waals surface area (Å²) in [7, 11) is -4.15. The second-order valence-electron chi connectivity index (χ2n) is 5.37. The molecular formula is C17H19FN2O4S. The van der Waals surface area contributed by atoms with E-state index in [1.807, 2.05) is 0 Å². The van der Waals surface area contributed by atoms with Crippen molar-refractivity contribution < 1.29 is 22.7 Å². The lowest BCUT2D eigenvalue weighted by molar-refractivity contribution is -0.114. The molecule has 0 radical (unpaired) electrons. The molecule has 0 unspecified atom stereocenters. The number of hydrogen-bond acceptors (Lipinski definition) is 4. The summed E-state index contributed by atoms with van der Waals surface area (Å²) in [4.78, 5) is 10.5. The minimum atomic E-state index is -4.15. The van der Waals surface area contributed by atoms with E-state index < -0.39 is 27.3 Å². The van der Waals surface area contributed by atoms with Gasteiger partial charge in [-0.05, 0) is 23.8 Å². The molecule has 0 aromatic heterocycles. The number of sulfonamides is 1. The molecule has 6 nitrogen and oxygen atoms in total. The highest BCUT2D eigenvalue weighted by Crippen LogP contribution is 2.23. The molecule has 0 aliphatic carbocycles. The van der Waals surface area contributed by atoms with Gasteiger partial charge in [0.1, 0.15) is 10.7 Å². The fourth-order valence-electron chi connectivity index (χ4n) is 2.31. The van der Waals surface area contributed by atoms with Crippen molar-refractivity contribution in [3.05, 3.63) is 59.9 Å². The Morgan fingerprint density at radius 1 is 1.20 bits per heavy atom. The number of benzene rings is 2.